The first-order valence-corrected chi connectivity index (χ1v) is 9.18. The third-order valence-electron chi connectivity index (χ3n) is 4.94. The van der Waals surface area contributed by atoms with Crippen LogP contribution in [0.4, 0.5) is 0 Å². The van der Waals surface area contributed by atoms with Gasteiger partial charge in [0.2, 0.25) is 11.8 Å². The van der Waals surface area contributed by atoms with E-state index < -0.39 is 0 Å². The second-order valence-corrected chi connectivity index (χ2v) is 7.68. The molecule has 1 spiro atoms. The molecule has 0 aliphatic carbocycles. The number of hydrogen-bond donors (Lipinski definition) is 0. The van der Waals surface area contributed by atoms with Crippen LogP contribution in [0.3, 0.4) is 0 Å². The lowest BCUT2D eigenvalue weighted by molar-refractivity contribution is -0.130. The molecular formula is C17H23N3O3S. The number of carbonyl (C=O) groups excluding carboxylic acids is 3. The molecule has 0 N–H and O–H groups in total. The highest BCUT2D eigenvalue weighted by Crippen LogP contribution is 2.35. The van der Waals surface area contributed by atoms with Gasteiger partial charge in [-0.1, -0.05) is 6.07 Å². The molecular weight excluding hydrogens is 326 g/mol. The average molecular weight is 349 g/mol. The van der Waals surface area contributed by atoms with Gasteiger partial charge in [0.05, 0.1) is 4.88 Å². The fraction of sp³-hybridized carbons (Fsp3) is 0.588. The molecule has 6 nitrogen and oxygen atoms in total. The first kappa shape index (κ1) is 17.0. The van der Waals surface area contributed by atoms with Crippen molar-refractivity contribution in [3.63, 3.8) is 0 Å². The van der Waals surface area contributed by atoms with Crippen molar-refractivity contribution >= 4 is 29.1 Å². The van der Waals surface area contributed by atoms with E-state index in [0.717, 1.165) is 0 Å². The van der Waals surface area contributed by atoms with Gasteiger partial charge >= 0.3 is 0 Å². The molecule has 1 atom stereocenters. The standard InChI is InChI=1S/C17H23N3O3S/c1-3-18-10-17(9-15(18)22)11-19(13(2)21)6-7-20(12-17)16(23)14-5-4-8-24-14/h4-5,8H,3,6-7,9-12H2,1-2H3/t17-/m0/s1. The third kappa shape index (κ3) is 3.17. The van der Waals surface area contributed by atoms with Gasteiger partial charge in [0.15, 0.2) is 0 Å². The summed E-state index contributed by atoms with van der Waals surface area (Å²) >= 11 is 1.43. The Kier molecular flexibility index (Phi) is 4.62. The van der Waals surface area contributed by atoms with Gasteiger partial charge in [-0.15, -0.1) is 11.3 Å². The van der Waals surface area contributed by atoms with Crippen molar-refractivity contribution in [1.29, 1.82) is 0 Å². The van der Waals surface area contributed by atoms with Crippen LogP contribution in [0.1, 0.15) is 29.9 Å². The molecule has 130 valence electrons. The van der Waals surface area contributed by atoms with Crippen LogP contribution < -0.4 is 0 Å². The Bertz CT molecular complexity index is 646. The predicted molar refractivity (Wildman–Crippen MR) is 91.8 cm³/mol. The molecule has 0 bridgehead atoms. The van der Waals surface area contributed by atoms with Gasteiger partial charge in [-0.3, -0.25) is 14.4 Å². The lowest BCUT2D eigenvalue weighted by atomic mass is 9.86. The molecule has 2 aliphatic heterocycles. The van der Waals surface area contributed by atoms with E-state index >= 15 is 0 Å². The quantitative estimate of drug-likeness (QED) is 0.808. The largest absolute Gasteiger partial charge is 0.342 e. The van der Waals surface area contributed by atoms with Crippen LogP contribution in [0.25, 0.3) is 0 Å². The fourth-order valence-electron chi connectivity index (χ4n) is 3.74. The van der Waals surface area contributed by atoms with E-state index in [9.17, 15) is 14.4 Å². The number of likely N-dealkylation sites (tertiary alicyclic amines) is 1. The van der Waals surface area contributed by atoms with E-state index in [-0.39, 0.29) is 23.1 Å². The molecule has 7 heteroatoms. The van der Waals surface area contributed by atoms with E-state index in [1.165, 1.54) is 11.3 Å². The van der Waals surface area contributed by atoms with E-state index in [0.29, 0.717) is 50.6 Å². The Morgan fingerprint density at radius 3 is 2.50 bits per heavy atom. The zero-order chi connectivity index (χ0) is 17.3. The van der Waals surface area contributed by atoms with Crippen LogP contribution in [0.2, 0.25) is 0 Å². The molecule has 0 aromatic carbocycles. The first-order valence-electron chi connectivity index (χ1n) is 8.30. The summed E-state index contributed by atoms with van der Waals surface area (Å²) in [4.78, 5) is 43.2. The van der Waals surface area contributed by atoms with Crippen molar-refractivity contribution in [2.45, 2.75) is 20.3 Å². The molecule has 0 saturated carbocycles. The van der Waals surface area contributed by atoms with Crippen LogP contribution in [0, 0.1) is 5.41 Å². The maximum Gasteiger partial charge on any atom is 0.263 e. The molecule has 1 aromatic heterocycles. The minimum Gasteiger partial charge on any atom is -0.342 e. The second kappa shape index (κ2) is 6.55. The smallest absolute Gasteiger partial charge is 0.263 e. The molecule has 2 aliphatic rings. The van der Waals surface area contributed by atoms with Gasteiger partial charge < -0.3 is 14.7 Å². The number of thiophene rings is 1. The van der Waals surface area contributed by atoms with Crippen molar-refractivity contribution in [3.8, 4) is 0 Å². The Balaban J connectivity index is 1.87. The number of hydrogen-bond acceptors (Lipinski definition) is 4. The highest BCUT2D eigenvalue weighted by Gasteiger charge is 2.47. The van der Waals surface area contributed by atoms with Gasteiger partial charge in [-0.05, 0) is 18.4 Å². The Morgan fingerprint density at radius 2 is 1.92 bits per heavy atom. The summed E-state index contributed by atoms with van der Waals surface area (Å²) < 4.78 is 0. The number of amides is 3. The summed E-state index contributed by atoms with van der Waals surface area (Å²) in [5, 5.41) is 1.89. The van der Waals surface area contributed by atoms with Gasteiger partial charge in [-0.25, -0.2) is 0 Å². The molecule has 3 heterocycles. The topological polar surface area (TPSA) is 60.9 Å². The van der Waals surface area contributed by atoms with Crippen LogP contribution in [-0.2, 0) is 9.59 Å². The third-order valence-corrected chi connectivity index (χ3v) is 5.80. The van der Waals surface area contributed by atoms with Gasteiger partial charge in [0.1, 0.15) is 0 Å². The Hall–Kier alpha value is -1.89. The average Bonchev–Trinajstić information content (AvgIpc) is 3.12. The van der Waals surface area contributed by atoms with Crippen LogP contribution >= 0.6 is 11.3 Å². The fourth-order valence-corrected chi connectivity index (χ4v) is 4.43. The zero-order valence-corrected chi connectivity index (χ0v) is 15.0. The molecule has 2 fully saturated rings. The minimum atomic E-state index is -0.359. The van der Waals surface area contributed by atoms with Crippen LogP contribution in [0.15, 0.2) is 17.5 Å². The maximum atomic E-state index is 12.8. The molecule has 24 heavy (non-hydrogen) atoms. The van der Waals surface area contributed by atoms with E-state index in [2.05, 4.69) is 0 Å². The number of carbonyl (C=O) groups is 3. The molecule has 3 rings (SSSR count). The second-order valence-electron chi connectivity index (χ2n) is 6.73. The van der Waals surface area contributed by atoms with Gasteiger partial charge in [0.25, 0.3) is 5.91 Å². The lowest BCUT2D eigenvalue weighted by Crippen LogP contribution is -2.45. The van der Waals surface area contributed by atoms with Crippen molar-refractivity contribution in [2.75, 3.05) is 39.3 Å². The Labute approximate surface area is 146 Å². The molecule has 0 unspecified atom stereocenters. The summed E-state index contributed by atoms with van der Waals surface area (Å²) in [5.41, 5.74) is -0.359. The first-order chi connectivity index (χ1) is 11.4. The summed E-state index contributed by atoms with van der Waals surface area (Å²) in [7, 11) is 0. The number of nitrogens with zero attached hydrogens (tertiary/aromatic N) is 3. The summed E-state index contributed by atoms with van der Waals surface area (Å²) in [6.45, 7) is 6.89. The molecule has 2 saturated heterocycles. The highest BCUT2D eigenvalue weighted by molar-refractivity contribution is 7.12. The zero-order valence-electron chi connectivity index (χ0n) is 14.2. The summed E-state index contributed by atoms with van der Waals surface area (Å²) in [6, 6.07) is 3.69. The predicted octanol–water partition coefficient (Wildman–Crippen LogP) is 1.29. The summed E-state index contributed by atoms with van der Waals surface area (Å²) in [6.07, 6.45) is 0.402. The van der Waals surface area contributed by atoms with Crippen LogP contribution in [0.5, 0.6) is 0 Å². The molecule has 0 radical (unpaired) electrons. The highest BCUT2D eigenvalue weighted by atomic mass is 32.1. The Morgan fingerprint density at radius 1 is 1.21 bits per heavy atom. The molecule has 1 aromatic rings. The van der Waals surface area contributed by atoms with Crippen molar-refractivity contribution < 1.29 is 14.4 Å². The van der Waals surface area contributed by atoms with Gasteiger partial charge in [0, 0.05) is 58.0 Å². The van der Waals surface area contributed by atoms with E-state index in [1.54, 1.807) is 11.8 Å². The lowest BCUT2D eigenvalue weighted by Gasteiger charge is -2.33. The number of rotatable bonds is 2. The summed E-state index contributed by atoms with van der Waals surface area (Å²) in [5.74, 6) is 0.116. The van der Waals surface area contributed by atoms with E-state index in [1.807, 2.05) is 34.2 Å². The molecule has 3 amide bonds. The normalized spacial score (nSPS) is 24.6. The van der Waals surface area contributed by atoms with Gasteiger partial charge in [-0.2, -0.15) is 0 Å². The minimum absolute atomic E-state index is 0.00203. The van der Waals surface area contributed by atoms with Crippen molar-refractivity contribution in [1.82, 2.24) is 14.7 Å². The van der Waals surface area contributed by atoms with Crippen molar-refractivity contribution in [2.24, 2.45) is 5.41 Å². The van der Waals surface area contributed by atoms with E-state index in [4.69, 9.17) is 0 Å². The van der Waals surface area contributed by atoms with Crippen LogP contribution in [-0.4, -0.2) is 71.7 Å². The SMILES string of the molecule is CCN1C[C@@]2(CC1=O)CN(C(C)=O)CCN(C(=O)c1cccs1)C2. The maximum absolute atomic E-state index is 12.8. The van der Waals surface area contributed by atoms with Crippen molar-refractivity contribution in [3.05, 3.63) is 22.4 Å². The monoisotopic (exact) mass is 349 g/mol.